The molecule has 1 saturated carbocycles. The third-order valence-corrected chi connectivity index (χ3v) is 2.11. The first kappa shape index (κ1) is 9.48. The SMILES string of the molecule is NNC(=O)CCCOC1CCC1. The van der Waals surface area contributed by atoms with Crippen LogP contribution in [0.15, 0.2) is 0 Å². The highest BCUT2D eigenvalue weighted by atomic mass is 16.5. The molecular formula is C8H16N2O2. The van der Waals surface area contributed by atoms with Gasteiger partial charge >= 0.3 is 0 Å². The van der Waals surface area contributed by atoms with Gasteiger partial charge in [0.25, 0.3) is 0 Å². The molecule has 0 bridgehead atoms. The van der Waals surface area contributed by atoms with Crippen molar-refractivity contribution in [3.8, 4) is 0 Å². The van der Waals surface area contributed by atoms with Gasteiger partial charge in [-0.3, -0.25) is 10.2 Å². The van der Waals surface area contributed by atoms with Gasteiger partial charge in [-0.2, -0.15) is 0 Å². The van der Waals surface area contributed by atoms with Crippen LogP contribution in [-0.4, -0.2) is 18.6 Å². The normalized spacial score (nSPS) is 17.1. The largest absolute Gasteiger partial charge is 0.378 e. The predicted octanol–water partition coefficient (Wildman–Crippen LogP) is 0.326. The van der Waals surface area contributed by atoms with E-state index in [4.69, 9.17) is 10.6 Å². The summed E-state index contributed by atoms with van der Waals surface area (Å²) in [5.41, 5.74) is 2.09. The number of amides is 1. The van der Waals surface area contributed by atoms with Crippen LogP contribution < -0.4 is 11.3 Å². The molecule has 0 aromatic carbocycles. The Bertz CT molecular complexity index is 146. The highest BCUT2D eigenvalue weighted by molar-refractivity contribution is 5.75. The molecule has 0 heterocycles. The van der Waals surface area contributed by atoms with Crippen LogP contribution in [0.3, 0.4) is 0 Å². The van der Waals surface area contributed by atoms with E-state index in [2.05, 4.69) is 5.43 Å². The number of hydrogen-bond acceptors (Lipinski definition) is 3. The molecule has 12 heavy (non-hydrogen) atoms. The van der Waals surface area contributed by atoms with E-state index < -0.39 is 0 Å². The number of hydrogen-bond donors (Lipinski definition) is 2. The molecule has 70 valence electrons. The summed E-state index contributed by atoms with van der Waals surface area (Å²) in [5, 5.41) is 0. The van der Waals surface area contributed by atoms with E-state index >= 15 is 0 Å². The van der Waals surface area contributed by atoms with Crippen LogP contribution >= 0.6 is 0 Å². The minimum absolute atomic E-state index is 0.118. The van der Waals surface area contributed by atoms with Gasteiger partial charge in [0, 0.05) is 13.0 Å². The zero-order valence-electron chi connectivity index (χ0n) is 7.21. The van der Waals surface area contributed by atoms with Gasteiger partial charge in [0.2, 0.25) is 5.91 Å². The number of ether oxygens (including phenoxy) is 1. The van der Waals surface area contributed by atoms with Crippen LogP contribution in [0.25, 0.3) is 0 Å². The maximum atomic E-state index is 10.6. The fraction of sp³-hybridized carbons (Fsp3) is 0.875. The van der Waals surface area contributed by atoms with E-state index in [-0.39, 0.29) is 5.91 Å². The minimum Gasteiger partial charge on any atom is -0.378 e. The number of carbonyl (C=O) groups excluding carboxylic acids is 1. The maximum absolute atomic E-state index is 10.6. The van der Waals surface area contributed by atoms with Gasteiger partial charge in [-0.25, -0.2) is 5.84 Å². The molecule has 1 fully saturated rings. The molecule has 1 aliphatic rings. The van der Waals surface area contributed by atoms with Crippen molar-refractivity contribution in [2.24, 2.45) is 5.84 Å². The molecule has 1 amide bonds. The molecule has 4 heteroatoms. The van der Waals surface area contributed by atoms with E-state index in [0.717, 1.165) is 6.42 Å². The average molecular weight is 172 g/mol. The molecule has 0 atom stereocenters. The van der Waals surface area contributed by atoms with Crippen molar-refractivity contribution in [2.75, 3.05) is 6.61 Å². The lowest BCUT2D eigenvalue weighted by Gasteiger charge is -2.25. The quantitative estimate of drug-likeness (QED) is 0.272. The fourth-order valence-corrected chi connectivity index (χ4v) is 1.09. The number of nitrogens with one attached hydrogen (secondary N) is 1. The van der Waals surface area contributed by atoms with Crippen LogP contribution in [0.4, 0.5) is 0 Å². The molecule has 0 saturated heterocycles. The number of nitrogens with two attached hydrogens (primary N) is 1. The number of rotatable bonds is 5. The Hall–Kier alpha value is -0.610. The average Bonchev–Trinajstić information content (AvgIpc) is 2.00. The molecule has 0 aliphatic heterocycles. The Morgan fingerprint density at radius 1 is 1.58 bits per heavy atom. The molecule has 1 rings (SSSR count). The monoisotopic (exact) mass is 172 g/mol. The van der Waals surface area contributed by atoms with E-state index in [9.17, 15) is 4.79 Å². The van der Waals surface area contributed by atoms with Crippen molar-refractivity contribution in [2.45, 2.75) is 38.2 Å². The first-order valence-corrected chi connectivity index (χ1v) is 4.44. The Kier molecular flexibility index (Phi) is 4.04. The van der Waals surface area contributed by atoms with Gasteiger partial charge in [0.05, 0.1) is 6.10 Å². The Balaban J connectivity index is 1.85. The zero-order valence-corrected chi connectivity index (χ0v) is 7.21. The smallest absolute Gasteiger partial charge is 0.233 e. The minimum atomic E-state index is -0.118. The van der Waals surface area contributed by atoms with Crippen LogP contribution in [0.5, 0.6) is 0 Å². The second-order valence-electron chi connectivity index (χ2n) is 3.09. The van der Waals surface area contributed by atoms with E-state index in [1.807, 2.05) is 0 Å². The van der Waals surface area contributed by atoms with Gasteiger partial charge in [-0.05, 0) is 25.7 Å². The molecule has 1 aliphatic carbocycles. The lowest BCUT2D eigenvalue weighted by Crippen LogP contribution is -2.30. The summed E-state index contributed by atoms with van der Waals surface area (Å²) in [6, 6.07) is 0. The van der Waals surface area contributed by atoms with Crippen LogP contribution in [0.2, 0.25) is 0 Å². The molecule has 4 nitrogen and oxygen atoms in total. The highest BCUT2D eigenvalue weighted by Gasteiger charge is 2.17. The maximum Gasteiger partial charge on any atom is 0.233 e. The van der Waals surface area contributed by atoms with Crippen molar-refractivity contribution >= 4 is 5.91 Å². The zero-order chi connectivity index (χ0) is 8.81. The molecule has 0 unspecified atom stereocenters. The molecule has 0 spiro atoms. The lowest BCUT2D eigenvalue weighted by molar-refractivity contribution is -0.121. The van der Waals surface area contributed by atoms with Gasteiger partial charge < -0.3 is 4.74 Å². The van der Waals surface area contributed by atoms with Crippen molar-refractivity contribution in [3.05, 3.63) is 0 Å². The van der Waals surface area contributed by atoms with Gasteiger partial charge in [0.1, 0.15) is 0 Å². The summed E-state index contributed by atoms with van der Waals surface area (Å²) in [7, 11) is 0. The van der Waals surface area contributed by atoms with Gasteiger partial charge in [0.15, 0.2) is 0 Å². The van der Waals surface area contributed by atoms with Crippen molar-refractivity contribution in [1.29, 1.82) is 0 Å². The summed E-state index contributed by atoms with van der Waals surface area (Å²) in [4.78, 5) is 10.6. The Morgan fingerprint density at radius 2 is 2.33 bits per heavy atom. The molecule has 0 aromatic heterocycles. The second-order valence-corrected chi connectivity index (χ2v) is 3.09. The third-order valence-electron chi connectivity index (χ3n) is 2.11. The lowest BCUT2D eigenvalue weighted by atomic mass is 9.96. The molecule has 0 aromatic rings. The first-order valence-electron chi connectivity index (χ1n) is 4.44. The second kappa shape index (κ2) is 5.11. The summed E-state index contributed by atoms with van der Waals surface area (Å²) in [6.45, 7) is 0.679. The topological polar surface area (TPSA) is 64.3 Å². The summed E-state index contributed by atoms with van der Waals surface area (Å²) in [6.07, 6.45) is 5.34. The number of hydrazine groups is 1. The van der Waals surface area contributed by atoms with Crippen LogP contribution in [0.1, 0.15) is 32.1 Å². The fourth-order valence-electron chi connectivity index (χ4n) is 1.09. The van der Waals surface area contributed by atoms with E-state index in [1.165, 1.54) is 19.3 Å². The predicted molar refractivity (Wildman–Crippen MR) is 45.2 cm³/mol. The van der Waals surface area contributed by atoms with Crippen LogP contribution in [-0.2, 0) is 9.53 Å². The number of carbonyl (C=O) groups is 1. The Labute approximate surface area is 72.4 Å². The van der Waals surface area contributed by atoms with E-state index in [0.29, 0.717) is 19.1 Å². The molecule has 0 radical (unpaired) electrons. The van der Waals surface area contributed by atoms with Crippen molar-refractivity contribution in [1.82, 2.24) is 5.43 Å². The van der Waals surface area contributed by atoms with Crippen molar-refractivity contribution in [3.63, 3.8) is 0 Å². The summed E-state index contributed by atoms with van der Waals surface area (Å²) < 4.78 is 5.45. The van der Waals surface area contributed by atoms with Crippen molar-refractivity contribution < 1.29 is 9.53 Å². The van der Waals surface area contributed by atoms with Crippen LogP contribution in [0, 0.1) is 0 Å². The molecule has 3 N–H and O–H groups in total. The third kappa shape index (κ3) is 3.19. The van der Waals surface area contributed by atoms with Gasteiger partial charge in [-0.15, -0.1) is 0 Å². The summed E-state index contributed by atoms with van der Waals surface area (Å²) >= 11 is 0. The summed E-state index contributed by atoms with van der Waals surface area (Å²) in [5.74, 6) is 4.79. The molecular weight excluding hydrogens is 156 g/mol. The highest BCUT2D eigenvalue weighted by Crippen LogP contribution is 2.21. The van der Waals surface area contributed by atoms with E-state index in [1.54, 1.807) is 0 Å². The standard InChI is InChI=1S/C8H16N2O2/c9-10-8(11)5-2-6-12-7-3-1-4-7/h7H,1-6,9H2,(H,10,11). The van der Waals surface area contributed by atoms with Gasteiger partial charge in [-0.1, -0.05) is 0 Å². The Morgan fingerprint density at radius 3 is 2.83 bits per heavy atom. The first-order chi connectivity index (χ1) is 5.83.